The van der Waals surface area contributed by atoms with Gasteiger partial charge in [0.2, 0.25) is 0 Å². The van der Waals surface area contributed by atoms with Crippen LogP contribution in [0.25, 0.3) is 0 Å². The fraction of sp³-hybridized carbons (Fsp3) is 0.438. The van der Waals surface area contributed by atoms with E-state index in [4.69, 9.17) is 4.74 Å². The van der Waals surface area contributed by atoms with Crippen molar-refractivity contribution in [1.29, 1.82) is 0 Å². The third-order valence-corrected chi connectivity index (χ3v) is 3.01. The van der Waals surface area contributed by atoms with Crippen LogP contribution in [0.3, 0.4) is 0 Å². The molecule has 0 aliphatic rings. The van der Waals surface area contributed by atoms with Crippen molar-refractivity contribution in [2.75, 3.05) is 20.7 Å². The fourth-order valence-corrected chi connectivity index (χ4v) is 1.96. The highest BCUT2D eigenvalue weighted by molar-refractivity contribution is 5.86. The second-order valence-corrected chi connectivity index (χ2v) is 4.95. The molecule has 0 aliphatic heterocycles. The van der Waals surface area contributed by atoms with Gasteiger partial charge in [0, 0.05) is 11.6 Å². The van der Waals surface area contributed by atoms with E-state index in [2.05, 4.69) is 37.7 Å². The lowest BCUT2D eigenvalue weighted by Crippen LogP contribution is -2.20. The number of nitrogens with zero attached hydrogens (tertiary/aromatic N) is 1. The first kappa shape index (κ1) is 18.7. The van der Waals surface area contributed by atoms with Gasteiger partial charge in [-0.1, -0.05) is 36.9 Å². The van der Waals surface area contributed by atoms with Gasteiger partial charge in [0.05, 0.1) is 6.61 Å². The average Bonchev–Trinajstić information content (AvgIpc) is 2.38. The summed E-state index contributed by atoms with van der Waals surface area (Å²) in [6, 6.07) is 10.7. The molecule has 0 heterocycles. The van der Waals surface area contributed by atoms with E-state index >= 15 is 0 Å². The molecule has 112 valence electrons. The second-order valence-electron chi connectivity index (χ2n) is 4.95. The molecule has 1 atom stereocenters. The summed E-state index contributed by atoms with van der Waals surface area (Å²) in [6.45, 7) is 5.67. The number of hydrogen-bond donors (Lipinski definition) is 0. The van der Waals surface area contributed by atoms with E-state index in [1.165, 1.54) is 5.56 Å². The first-order valence-corrected chi connectivity index (χ1v) is 6.56. The number of carbonyl (C=O) groups excluding carboxylic acids is 1. The van der Waals surface area contributed by atoms with Crippen molar-refractivity contribution in [2.45, 2.75) is 25.8 Å². The number of benzene rings is 1. The van der Waals surface area contributed by atoms with Crippen molar-refractivity contribution >= 4 is 18.4 Å². The SMILES string of the molecule is C=C(C)C(=O)OCCCC(c1ccccc1)N(C)C.Cl. The van der Waals surface area contributed by atoms with Gasteiger partial charge in [0.15, 0.2) is 0 Å². The van der Waals surface area contributed by atoms with E-state index < -0.39 is 0 Å². The van der Waals surface area contributed by atoms with Crippen molar-refractivity contribution in [2.24, 2.45) is 0 Å². The number of halogens is 1. The van der Waals surface area contributed by atoms with Crippen LogP contribution in [0.4, 0.5) is 0 Å². The Morgan fingerprint density at radius 2 is 1.90 bits per heavy atom. The number of hydrogen-bond acceptors (Lipinski definition) is 3. The highest BCUT2D eigenvalue weighted by Crippen LogP contribution is 2.23. The zero-order valence-corrected chi connectivity index (χ0v) is 13.3. The van der Waals surface area contributed by atoms with Gasteiger partial charge in [-0.05, 0) is 39.4 Å². The maximum atomic E-state index is 11.3. The minimum absolute atomic E-state index is 0. The zero-order valence-electron chi connectivity index (χ0n) is 12.5. The molecular weight excluding hydrogens is 274 g/mol. The third kappa shape index (κ3) is 6.22. The second kappa shape index (κ2) is 9.56. The summed E-state index contributed by atoms with van der Waals surface area (Å²) in [5.41, 5.74) is 1.74. The lowest BCUT2D eigenvalue weighted by molar-refractivity contribution is -0.139. The van der Waals surface area contributed by atoms with Crippen LogP contribution in [0.2, 0.25) is 0 Å². The first-order valence-electron chi connectivity index (χ1n) is 6.56. The maximum absolute atomic E-state index is 11.3. The molecule has 20 heavy (non-hydrogen) atoms. The van der Waals surface area contributed by atoms with Crippen LogP contribution in [-0.2, 0) is 9.53 Å². The maximum Gasteiger partial charge on any atom is 0.333 e. The predicted octanol–water partition coefficient (Wildman–Crippen LogP) is 3.61. The molecular formula is C16H24ClNO2. The minimum Gasteiger partial charge on any atom is -0.462 e. The van der Waals surface area contributed by atoms with Gasteiger partial charge in [-0.25, -0.2) is 4.79 Å². The molecule has 0 amide bonds. The molecule has 0 bridgehead atoms. The zero-order chi connectivity index (χ0) is 14.3. The summed E-state index contributed by atoms with van der Waals surface area (Å²) < 4.78 is 5.11. The third-order valence-electron chi connectivity index (χ3n) is 3.01. The molecule has 0 aromatic heterocycles. The molecule has 1 rings (SSSR count). The Hall–Kier alpha value is -1.32. The van der Waals surface area contributed by atoms with Crippen molar-refractivity contribution < 1.29 is 9.53 Å². The van der Waals surface area contributed by atoms with Crippen LogP contribution in [0.5, 0.6) is 0 Å². The smallest absolute Gasteiger partial charge is 0.333 e. The van der Waals surface area contributed by atoms with Crippen LogP contribution < -0.4 is 0 Å². The molecule has 0 N–H and O–H groups in total. The molecule has 0 saturated heterocycles. The molecule has 0 fully saturated rings. The van der Waals surface area contributed by atoms with Crippen molar-refractivity contribution in [3.63, 3.8) is 0 Å². The van der Waals surface area contributed by atoms with Crippen molar-refractivity contribution in [3.8, 4) is 0 Å². The first-order chi connectivity index (χ1) is 9.02. The van der Waals surface area contributed by atoms with E-state index in [-0.39, 0.29) is 18.4 Å². The number of carbonyl (C=O) groups is 1. The van der Waals surface area contributed by atoms with Gasteiger partial charge in [0.25, 0.3) is 0 Å². The Bertz CT molecular complexity index is 418. The lowest BCUT2D eigenvalue weighted by atomic mass is 10.0. The molecule has 0 aliphatic carbocycles. The summed E-state index contributed by atoms with van der Waals surface area (Å²) in [4.78, 5) is 13.4. The summed E-state index contributed by atoms with van der Waals surface area (Å²) in [5, 5.41) is 0. The molecule has 1 aromatic carbocycles. The summed E-state index contributed by atoms with van der Waals surface area (Å²) >= 11 is 0. The Labute approximate surface area is 128 Å². The van der Waals surface area contributed by atoms with Gasteiger partial charge in [0.1, 0.15) is 0 Å². The standard InChI is InChI=1S/C16H23NO2.ClH/c1-13(2)16(18)19-12-8-11-15(17(3)4)14-9-6-5-7-10-14;/h5-7,9-10,15H,1,8,11-12H2,2-4H3;1H. The molecule has 0 spiro atoms. The number of esters is 1. The Morgan fingerprint density at radius 1 is 1.30 bits per heavy atom. The molecule has 3 nitrogen and oxygen atoms in total. The van der Waals surface area contributed by atoms with E-state index in [1.807, 2.05) is 18.2 Å². The number of rotatable bonds is 7. The summed E-state index contributed by atoms with van der Waals surface area (Å²) in [5.74, 6) is -0.305. The van der Waals surface area contributed by atoms with Gasteiger partial charge >= 0.3 is 5.97 Å². The normalized spacial score (nSPS) is 11.6. The van der Waals surface area contributed by atoms with Crippen LogP contribution in [0.1, 0.15) is 31.4 Å². The highest BCUT2D eigenvalue weighted by atomic mass is 35.5. The van der Waals surface area contributed by atoms with Gasteiger partial charge in [-0.3, -0.25) is 0 Å². The van der Waals surface area contributed by atoms with Crippen molar-refractivity contribution in [1.82, 2.24) is 4.90 Å². The topological polar surface area (TPSA) is 29.5 Å². The molecule has 1 unspecified atom stereocenters. The average molecular weight is 298 g/mol. The van der Waals surface area contributed by atoms with E-state index in [9.17, 15) is 4.79 Å². The van der Waals surface area contributed by atoms with Crippen LogP contribution in [-0.4, -0.2) is 31.6 Å². The predicted molar refractivity (Wildman–Crippen MR) is 85.1 cm³/mol. The largest absolute Gasteiger partial charge is 0.462 e. The minimum atomic E-state index is -0.305. The Balaban J connectivity index is 0.00000361. The highest BCUT2D eigenvalue weighted by Gasteiger charge is 2.13. The fourth-order valence-electron chi connectivity index (χ4n) is 1.96. The van der Waals surface area contributed by atoms with E-state index in [0.29, 0.717) is 18.2 Å². The quantitative estimate of drug-likeness (QED) is 0.437. The molecule has 0 saturated carbocycles. The van der Waals surface area contributed by atoms with Gasteiger partial charge < -0.3 is 9.64 Å². The summed E-state index contributed by atoms with van der Waals surface area (Å²) in [6.07, 6.45) is 1.80. The van der Waals surface area contributed by atoms with Crippen LogP contribution in [0, 0.1) is 0 Å². The lowest BCUT2D eigenvalue weighted by Gasteiger charge is -2.24. The van der Waals surface area contributed by atoms with Crippen LogP contribution >= 0.6 is 12.4 Å². The van der Waals surface area contributed by atoms with Crippen LogP contribution in [0.15, 0.2) is 42.5 Å². The Kier molecular flexibility index (Phi) is 8.93. The van der Waals surface area contributed by atoms with E-state index in [1.54, 1.807) is 6.92 Å². The van der Waals surface area contributed by atoms with E-state index in [0.717, 1.165) is 12.8 Å². The van der Waals surface area contributed by atoms with Crippen molar-refractivity contribution in [3.05, 3.63) is 48.0 Å². The molecule has 1 aromatic rings. The molecule has 0 radical (unpaired) electrons. The summed E-state index contributed by atoms with van der Waals surface area (Å²) in [7, 11) is 4.13. The van der Waals surface area contributed by atoms with Gasteiger partial charge in [-0.15, -0.1) is 12.4 Å². The monoisotopic (exact) mass is 297 g/mol. The molecule has 4 heteroatoms. The van der Waals surface area contributed by atoms with Gasteiger partial charge in [-0.2, -0.15) is 0 Å². The number of ether oxygens (including phenoxy) is 1. The Morgan fingerprint density at radius 3 is 2.40 bits per heavy atom.